The Hall–Kier alpha value is 0.107. The predicted molar refractivity (Wildman–Crippen MR) is 103 cm³/mol. The Bertz CT molecular complexity index is 354. The van der Waals surface area contributed by atoms with Gasteiger partial charge in [0.1, 0.15) is 0 Å². The van der Waals surface area contributed by atoms with Crippen molar-refractivity contribution in [2.75, 3.05) is 0 Å². The van der Waals surface area contributed by atoms with Gasteiger partial charge >= 0.3 is 34.9 Å². The molecule has 0 aromatic heterocycles. The molecule has 1 aromatic carbocycles. The molecule has 0 spiro atoms. The molecule has 0 radical (unpaired) electrons. The van der Waals surface area contributed by atoms with E-state index >= 15 is 0 Å². The Morgan fingerprint density at radius 2 is 0.800 bits per heavy atom. The molecule has 0 aliphatic carbocycles. The molecule has 1 rings (SSSR count). The third kappa shape index (κ3) is 68.6. The van der Waals surface area contributed by atoms with Crippen molar-refractivity contribution in [3.63, 3.8) is 0 Å². The van der Waals surface area contributed by atoms with Gasteiger partial charge in [-0.05, 0) is 0 Å². The summed E-state index contributed by atoms with van der Waals surface area (Å²) in [4.78, 5) is 0. The fraction of sp³-hybridized carbons (Fsp3) is 0.706. The van der Waals surface area contributed by atoms with Gasteiger partial charge in [0.05, 0.1) is 0 Å². The second kappa shape index (κ2) is 13.3. The zero-order chi connectivity index (χ0) is 20.4. The molecule has 0 saturated heterocycles. The van der Waals surface area contributed by atoms with Crippen LogP contribution < -0.4 is 5.19 Å². The SMILES string of the molecule is CC(C)(C)[NH-].CC(C)(C)[NH-].CC(C)(C)[NH-].F[Si](F)(F)[c-]1cccc1.[Hf+4]. The zero-order valence-corrected chi connectivity index (χ0v) is 21.5. The third-order valence-electron chi connectivity index (χ3n) is 0.990. The molecule has 3 N–H and O–H groups in total. The molecule has 0 unspecified atom stereocenters. The van der Waals surface area contributed by atoms with Crippen LogP contribution in [0.2, 0.25) is 0 Å². The van der Waals surface area contributed by atoms with E-state index in [1.165, 1.54) is 12.1 Å². The van der Waals surface area contributed by atoms with E-state index in [-0.39, 0.29) is 42.5 Å². The second-order valence-electron chi connectivity index (χ2n) is 8.42. The second-order valence-corrected chi connectivity index (χ2v) is 9.99. The van der Waals surface area contributed by atoms with Crippen molar-refractivity contribution < 1.29 is 38.2 Å². The molecule has 0 fully saturated rings. The van der Waals surface area contributed by atoms with Crippen LogP contribution in [0.25, 0.3) is 17.2 Å². The van der Waals surface area contributed by atoms with E-state index < -0.39 is 14.3 Å². The number of hydrogen-bond acceptors (Lipinski definition) is 0. The smallest absolute Gasteiger partial charge is 0.673 e. The minimum Gasteiger partial charge on any atom is -0.673 e. The van der Waals surface area contributed by atoms with Gasteiger partial charge in [0, 0.05) is 0 Å². The maximum absolute atomic E-state index is 11.8. The van der Waals surface area contributed by atoms with Gasteiger partial charge in [-0.15, -0.1) is 16.6 Å². The zero-order valence-electron chi connectivity index (χ0n) is 16.9. The molecule has 8 heteroatoms. The number of nitrogens with one attached hydrogen (secondary N) is 3. The predicted octanol–water partition coefficient (Wildman–Crippen LogP) is 6.97. The first kappa shape index (κ1) is 32.8. The Balaban J connectivity index is -0.000000122. The molecule has 0 amide bonds. The minimum absolute atomic E-state index is 0. The van der Waals surface area contributed by atoms with E-state index in [1.807, 2.05) is 62.3 Å². The summed E-state index contributed by atoms with van der Waals surface area (Å²) in [6.45, 7) is 16.7. The molecular formula is C17H34F3HfN3Si. The van der Waals surface area contributed by atoms with Crippen LogP contribution in [0.15, 0.2) is 24.3 Å². The van der Waals surface area contributed by atoms with Crippen molar-refractivity contribution in [3.8, 4) is 0 Å². The van der Waals surface area contributed by atoms with E-state index in [2.05, 4.69) is 0 Å². The van der Waals surface area contributed by atoms with Gasteiger partial charge in [-0.3, -0.25) is 0 Å². The molecule has 0 atom stereocenters. The Morgan fingerprint density at radius 3 is 0.880 bits per heavy atom. The average Bonchev–Trinajstić information content (AvgIpc) is 2.58. The first-order chi connectivity index (χ1) is 10.1. The van der Waals surface area contributed by atoms with Crippen molar-refractivity contribution in [2.45, 2.75) is 78.9 Å². The van der Waals surface area contributed by atoms with Crippen molar-refractivity contribution in [2.24, 2.45) is 0 Å². The van der Waals surface area contributed by atoms with Crippen LogP contribution in [-0.2, 0) is 25.8 Å². The van der Waals surface area contributed by atoms with Gasteiger partial charge < -0.3 is 17.2 Å². The molecule has 3 nitrogen and oxygen atoms in total. The topological polar surface area (TPSA) is 71.4 Å². The van der Waals surface area contributed by atoms with Crippen molar-refractivity contribution in [1.29, 1.82) is 0 Å². The Labute approximate surface area is 172 Å². The van der Waals surface area contributed by atoms with Crippen LogP contribution in [0, 0.1) is 0 Å². The fourth-order valence-electron chi connectivity index (χ4n) is 0.563. The van der Waals surface area contributed by atoms with Crippen LogP contribution in [-0.4, -0.2) is 25.7 Å². The molecule has 0 aliphatic heterocycles. The van der Waals surface area contributed by atoms with E-state index in [0.717, 1.165) is 12.1 Å². The normalized spacial score (nSPS) is 11.5. The summed E-state index contributed by atoms with van der Waals surface area (Å²) in [6.07, 6.45) is 0. The van der Waals surface area contributed by atoms with Gasteiger partial charge in [-0.2, -0.15) is 12.1 Å². The molecule has 0 heterocycles. The van der Waals surface area contributed by atoms with Crippen molar-refractivity contribution in [3.05, 3.63) is 41.5 Å². The molecular weight excluding hydrogens is 510 g/mol. The van der Waals surface area contributed by atoms with E-state index in [4.69, 9.17) is 17.2 Å². The molecule has 0 aliphatic rings. The first-order valence-corrected chi connectivity index (χ1v) is 9.28. The Kier molecular flexibility index (Phi) is 17.4. The van der Waals surface area contributed by atoms with Crippen LogP contribution in [0.3, 0.4) is 0 Å². The molecule has 25 heavy (non-hydrogen) atoms. The maximum Gasteiger partial charge on any atom is 4.00 e. The van der Waals surface area contributed by atoms with E-state index in [1.54, 1.807) is 0 Å². The van der Waals surface area contributed by atoms with Gasteiger partial charge in [0.15, 0.2) is 0 Å². The summed E-state index contributed by atoms with van der Waals surface area (Å²) >= 11 is 0. The minimum atomic E-state index is -5.48. The summed E-state index contributed by atoms with van der Waals surface area (Å²) in [6, 6.07) is 5.00. The third-order valence-corrected chi connectivity index (χ3v) is 1.98. The fourth-order valence-corrected chi connectivity index (χ4v) is 1.13. The van der Waals surface area contributed by atoms with Gasteiger partial charge in [0.25, 0.3) is 0 Å². The van der Waals surface area contributed by atoms with E-state index in [9.17, 15) is 12.3 Å². The first-order valence-electron chi connectivity index (χ1n) is 7.64. The van der Waals surface area contributed by atoms with Crippen molar-refractivity contribution >= 4 is 14.3 Å². The number of rotatable bonds is 1. The largest absolute Gasteiger partial charge is 4.00 e. The van der Waals surface area contributed by atoms with Gasteiger partial charge in [-0.1, -0.05) is 67.5 Å². The van der Waals surface area contributed by atoms with Crippen LogP contribution in [0.4, 0.5) is 12.3 Å². The van der Waals surface area contributed by atoms with Crippen LogP contribution in [0.5, 0.6) is 0 Å². The summed E-state index contributed by atoms with van der Waals surface area (Å²) in [5.74, 6) is 0. The number of halogens is 3. The number of hydrogen-bond donors (Lipinski definition) is 0. The van der Waals surface area contributed by atoms with E-state index in [0.29, 0.717) is 0 Å². The van der Waals surface area contributed by atoms with Crippen LogP contribution in [0.1, 0.15) is 62.3 Å². The summed E-state index contributed by atoms with van der Waals surface area (Å²) in [5, 5.41) is -0.442. The quantitative estimate of drug-likeness (QED) is 0.208. The maximum atomic E-state index is 11.8. The van der Waals surface area contributed by atoms with Gasteiger partial charge in [-0.25, -0.2) is 24.5 Å². The molecule has 0 saturated carbocycles. The molecule has 1 aromatic rings. The monoisotopic (exact) mass is 545 g/mol. The van der Waals surface area contributed by atoms with Crippen molar-refractivity contribution in [1.82, 2.24) is 0 Å². The average molecular weight is 544 g/mol. The summed E-state index contributed by atoms with van der Waals surface area (Å²) in [5.41, 5.74) is 20.1. The standard InChI is InChI=1S/C5H4F3Si.3C4H10N.Hf/c6-9(7,8)5-3-1-2-4-5;3*1-4(2,3)5;/h1-4H;3*5H,1-3H3;/q4*-1;+4. The summed E-state index contributed by atoms with van der Waals surface area (Å²) in [7, 11) is -5.48. The molecule has 0 bridgehead atoms. The summed E-state index contributed by atoms with van der Waals surface area (Å²) < 4.78 is 35.3. The van der Waals surface area contributed by atoms with Crippen LogP contribution >= 0.6 is 0 Å². The Morgan fingerprint density at radius 1 is 0.640 bits per heavy atom. The van der Waals surface area contributed by atoms with Gasteiger partial charge in [0.2, 0.25) is 0 Å². The molecule has 146 valence electrons.